The molecule has 2 rings (SSSR count). The molecule has 0 heterocycles. The maximum Gasteiger partial charge on any atom is 0.341 e. The zero-order valence-corrected chi connectivity index (χ0v) is 14.0. The van der Waals surface area contributed by atoms with Crippen molar-refractivity contribution in [2.45, 2.75) is 6.92 Å². The van der Waals surface area contributed by atoms with E-state index in [4.69, 9.17) is 26.2 Å². The smallest absolute Gasteiger partial charge is 0.341 e. The molecule has 0 radical (unpaired) electrons. The number of anilines is 1. The average Bonchev–Trinajstić information content (AvgIpc) is 2.58. The summed E-state index contributed by atoms with van der Waals surface area (Å²) in [6.45, 7) is 1.40. The van der Waals surface area contributed by atoms with Gasteiger partial charge in [0.05, 0.1) is 23.5 Å². The highest BCUT2D eigenvalue weighted by Crippen LogP contribution is 2.28. The molecule has 24 heavy (non-hydrogen) atoms. The molecular weight excluding hydrogens is 332 g/mol. The number of hydrogen-bond donors (Lipinski definition) is 2. The van der Waals surface area contributed by atoms with Crippen molar-refractivity contribution in [1.29, 1.82) is 0 Å². The molecule has 7 heteroatoms. The lowest BCUT2D eigenvalue weighted by atomic mass is 10.1. The number of hydrogen-bond acceptors (Lipinski definition) is 5. The third-order valence-electron chi connectivity index (χ3n) is 3.15. The fourth-order valence-electron chi connectivity index (χ4n) is 1.91. The zero-order valence-electron chi connectivity index (χ0n) is 13.2. The van der Waals surface area contributed by atoms with Gasteiger partial charge in [-0.2, -0.15) is 5.10 Å². The van der Waals surface area contributed by atoms with Crippen LogP contribution in [-0.2, 0) is 4.79 Å². The monoisotopic (exact) mass is 348 g/mol. The number of rotatable bonds is 7. The molecule has 2 N–H and O–H groups in total. The molecule has 0 amide bonds. The number of aliphatic carboxylic acids is 1. The number of halogens is 1. The summed E-state index contributed by atoms with van der Waals surface area (Å²) in [5.41, 5.74) is 5.12. The van der Waals surface area contributed by atoms with E-state index in [1.54, 1.807) is 24.3 Å². The van der Waals surface area contributed by atoms with Crippen LogP contribution in [0.4, 0.5) is 5.69 Å². The first kappa shape index (κ1) is 17.6. The van der Waals surface area contributed by atoms with Crippen LogP contribution in [0.25, 0.3) is 0 Å². The van der Waals surface area contributed by atoms with E-state index in [2.05, 4.69) is 10.5 Å². The molecule has 0 fully saturated rings. The average molecular weight is 349 g/mol. The van der Waals surface area contributed by atoms with Crippen LogP contribution in [0.1, 0.15) is 12.5 Å². The molecular formula is C17H17ClN2O4. The lowest BCUT2D eigenvalue weighted by Gasteiger charge is -2.11. The van der Waals surface area contributed by atoms with Crippen LogP contribution >= 0.6 is 11.6 Å². The first-order chi connectivity index (χ1) is 11.5. The summed E-state index contributed by atoms with van der Waals surface area (Å²) in [5, 5.41) is 13.5. The fourth-order valence-corrected chi connectivity index (χ4v) is 2.09. The standard InChI is InChI=1S/C17H17ClN2O4/c1-11(19-20-14-6-4-3-5-13(14)18)12-7-8-15(16(9-12)23-2)24-10-17(21)22/h3-9,20H,10H2,1-2H3,(H,21,22)/b19-11-. The lowest BCUT2D eigenvalue weighted by molar-refractivity contribution is -0.139. The van der Waals surface area contributed by atoms with Crippen molar-refractivity contribution in [3.8, 4) is 11.5 Å². The van der Waals surface area contributed by atoms with Crippen LogP contribution in [0, 0.1) is 0 Å². The van der Waals surface area contributed by atoms with Crippen molar-refractivity contribution in [3.63, 3.8) is 0 Å². The Labute approximate surface area is 144 Å². The number of carboxylic acids is 1. The number of benzene rings is 2. The number of methoxy groups -OCH3 is 1. The van der Waals surface area contributed by atoms with Gasteiger partial charge in [0.25, 0.3) is 0 Å². The third-order valence-corrected chi connectivity index (χ3v) is 3.48. The molecule has 6 nitrogen and oxygen atoms in total. The number of nitrogens with zero attached hydrogens (tertiary/aromatic N) is 1. The van der Waals surface area contributed by atoms with Crippen molar-refractivity contribution in [2.24, 2.45) is 5.10 Å². The first-order valence-corrected chi connectivity index (χ1v) is 7.47. The van der Waals surface area contributed by atoms with E-state index >= 15 is 0 Å². The van der Waals surface area contributed by atoms with Gasteiger partial charge < -0.3 is 14.6 Å². The van der Waals surface area contributed by atoms with E-state index < -0.39 is 12.6 Å². The molecule has 0 aliphatic heterocycles. The molecule has 0 aliphatic carbocycles. The highest BCUT2D eigenvalue weighted by molar-refractivity contribution is 6.33. The van der Waals surface area contributed by atoms with E-state index in [-0.39, 0.29) is 0 Å². The molecule has 0 atom stereocenters. The minimum absolute atomic E-state index is 0.357. The quantitative estimate of drug-likeness (QED) is 0.589. The number of para-hydroxylation sites is 1. The Hall–Kier alpha value is -2.73. The maximum atomic E-state index is 10.6. The number of nitrogens with one attached hydrogen (secondary N) is 1. The van der Waals surface area contributed by atoms with Crippen LogP contribution in [-0.4, -0.2) is 30.5 Å². The Kier molecular flexibility index (Phi) is 6.03. The van der Waals surface area contributed by atoms with Gasteiger partial charge in [-0.3, -0.25) is 5.43 Å². The second kappa shape index (κ2) is 8.21. The van der Waals surface area contributed by atoms with Crippen LogP contribution in [0.15, 0.2) is 47.6 Å². The van der Waals surface area contributed by atoms with E-state index in [0.717, 1.165) is 5.56 Å². The normalized spacial score (nSPS) is 11.0. The van der Waals surface area contributed by atoms with Crippen molar-refractivity contribution < 1.29 is 19.4 Å². The first-order valence-electron chi connectivity index (χ1n) is 7.09. The van der Waals surface area contributed by atoms with E-state index in [1.807, 2.05) is 25.1 Å². The Bertz CT molecular complexity index is 762. The van der Waals surface area contributed by atoms with Gasteiger partial charge in [0, 0.05) is 5.56 Å². The second-order valence-electron chi connectivity index (χ2n) is 4.84. The summed E-state index contributed by atoms with van der Waals surface area (Å²) in [4.78, 5) is 10.6. The molecule has 0 saturated carbocycles. The minimum atomic E-state index is -1.05. The summed E-state index contributed by atoms with van der Waals surface area (Å²) >= 11 is 6.07. The summed E-state index contributed by atoms with van der Waals surface area (Å²) in [5.74, 6) is -0.264. The summed E-state index contributed by atoms with van der Waals surface area (Å²) in [6, 6.07) is 12.4. The van der Waals surface area contributed by atoms with Gasteiger partial charge in [-0.1, -0.05) is 23.7 Å². The van der Waals surface area contributed by atoms with Gasteiger partial charge >= 0.3 is 5.97 Å². The summed E-state index contributed by atoms with van der Waals surface area (Å²) < 4.78 is 10.4. The molecule has 0 spiro atoms. The van der Waals surface area contributed by atoms with Crippen LogP contribution in [0.2, 0.25) is 5.02 Å². The Morgan fingerprint density at radius 3 is 2.67 bits per heavy atom. The molecule has 0 aliphatic rings. The van der Waals surface area contributed by atoms with Crippen LogP contribution in [0.5, 0.6) is 11.5 Å². The van der Waals surface area contributed by atoms with Crippen molar-refractivity contribution in [3.05, 3.63) is 53.1 Å². The third kappa shape index (κ3) is 4.63. The summed E-state index contributed by atoms with van der Waals surface area (Å²) in [6.07, 6.45) is 0. The van der Waals surface area contributed by atoms with Gasteiger partial charge in [0.15, 0.2) is 18.1 Å². The second-order valence-corrected chi connectivity index (χ2v) is 5.24. The SMILES string of the molecule is COc1cc(/C(C)=N\Nc2ccccc2Cl)ccc1OCC(=O)O. The molecule has 0 unspecified atom stereocenters. The Balaban J connectivity index is 2.17. The predicted octanol–water partition coefficient (Wildman–Crippen LogP) is 3.65. The van der Waals surface area contributed by atoms with Gasteiger partial charge in [0.2, 0.25) is 0 Å². The lowest BCUT2D eigenvalue weighted by Crippen LogP contribution is -2.10. The molecule has 0 bridgehead atoms. The van der Waals surface area contributed by atoms with E-state index in [1.165, 1.54) is 7.11 Å². The highest BCUT2D eigenvalue weighted by Gasteiger charge is 2.09. The van der Waals surface area contributed by atoms with Gasteiger partial charge in [0.1, 0.15) is 0 Å². The Morgan fingerprint density at radius 2 is 2.00 bits per heavy atom. The van der Waals surface area contributed by atoms with Gasteiger partial charge in [-0.05, 0) is 37.3 Å². The topological polar surface area (TPSA) is 80.1 Å². The van der Waals surface area contributed by atoms with Gasteiger partial charge in [-0.15, -0.1) is 0 Å². The molecule has 126 valence electrons. The van der Waals surface area contributed by atoms with Crippen molar-refractivity contribution in [1.82, 2.24) is 0 Å². The molecule has 0 aromatic heterocycles. The number of ether oxygens (including phenoxy) is 2. The highest BCUT2D eigenvalue weighted by atomic mass is 35.5. The summed E-state index contributed by atoms with van der Waals surface area (Å²) in [7, 11) is 1.49. The number of carboxylic acid groups (broad SMARTS) is 1. The molecule has 0 saturated heterocycles. The fraction of sp³-hybridized carbons (Fsp3) is 0.176. The van der Waals surface area contributed by atoms with Gasteiger partial charge in [-0.25, -0.2) is 4.79 Å². The van der Waals surface area contributed by atoms with Crippen LogP contribution in [0.3, 0.4) is 0 Å². The van der Waals surface area contributed by atoms with Crippen LogP contribution < -0.4 is 14.9 Å². The maximum absolute atomic E-state index is 10.6. The minimum Gasteiger partial charge on any atom is -0.493 e. The largest absolute Gasteiger partial charge is 0.493 e. The zero-order chi connectivity index (χ0) is 17.5. The number of hydrazone groups is 1. The Morgan fingerprint density at radius 1 is 1.25 bits per heavy atom. The van der Waals surface area contributed by atoms with E-state index in [0.29, 0.717) is 27.9 Å². The predicted molar refractivity (Wildman–Crippen MR) is 93.4 cm³/mol. The van der Waals surface area contributed by atoms with Crippen molar-refractivity contribution in [2.75, 3.05) is 19.1 Å². The van der Waals surface area contributed by atoms with Crippen molar-refractivity contribution >= 4 is 29.0 Å². The molecule has 2 aromatic rings. The van der Waals surface area contributed by atoms with E-state index in [9.17, 15) is 4.79 Å². The molecule has 2 aromatic carbocycles. The number of carbonyl (C=O) groups is 1.